The van der Waals surface area contributed by atoms with E-state index in [4.69, 9.17) is 0 Å². The molecule has 2 aliphatic heterocycles. The number of nitrogens with one attached hydrogen (secondary N) is 1. The van der Waals surface area contributed by atoms with Crippen molar-refractivity contribution >= 4 is 43.2 Å². The van der Waals surface area contributed by atoms with Gasteiger partial charge in [0.15, 0.2) is 0 Å². The van der Waals surface area contributed by atoms with Crippen LogP contribution in [0.2, 0.25) is 0 Å². The molecular formula is C20H12BrN3OS. The van der Waals surface area contributed by atoms with E-state index in [0.29, 0.717) is 15.8 Å². The average Bonchev–Trinajstić information content (AvgIpc) is 3.31. The van der Waals surface area contributed by atoms with Crippen LogP contribution in [0.5, 0.6) is 0 Å². The topological polar surface area (TPSA) is 57.8 Å². The molecular weight excluding hydrogens is 410 g/mol. The second-order valence-corrected chi connectivity index (χ2v) is 8.06. The third-order valence-electron chi connectivity index (χ3n) is 4.86. The first kappa shape index (κ1) is 15.6. The third-order valence-corrected chi connectivity index (χ3v) is 6.31. The smallest absolute Gasteiger partial charge is 0.207 e. The van der Waals surface area contributed by atoms with Crippen LogP contribution >= 0.6 is 27.3 Å². The predicted molar refractivity (Wildman–Crippen MR) is 109 cm³/mol. The maximum absolute atomic E-state index is 13.1. The highest BCUT2D eigenvalue weighted by atomic mass is 79.9. The van der Waals surface area contributed by atoms with E-state index < -0.39 is 0 Å². The van der Waals surface area contributed by atoms with Gasteiger partial charge >= 0.3 is 0 Å². The maximum atomic E-state index is 13.1. The zero-order valence-corrected chi connectivity index (χ0v) is 15.9. The van der Waals surface area contributed by atoms with E-state index >= 15 is 0 Å². The number of rotatable bonds is 1. The van der Waals surface area contributed by atoms with Gasteiger partial charge in [-0.25, -0.2) is 0 Å². The Labute approximate surface area is 161 Å². The van der Waals surface area contributed by atoms with Crippen molar-refractivity contribution in [3.05, 3.63) is 62.0 Å². The molecule has 1 aromatic carbocycles. The van der Waals surface area contributed by atoms with Gasteiger partial charge in [0.1, 0.15) is 11.9 Å². The van der Waals surface area contributed by atoms with Crippen molar-refractivity contribution in [2.45, 2.75) is 6.54 Å². The Morgan fingerprint density at radius 1 is 1.23 bits per heavy atom. The van der Waals surface area contributed by atoms with Crippen LogP contribution in [-0.4, -0.2) is 11.1 Å². The highest BCUT2D eigenvalue weighted by Gasteiger charge is 2.27. The van der Waals surface area contributed by atoms with Crippen LogP contribution in [0.25, 0.3) is 32.5 Å². The highest BCUT2D eigenvalue weighted by Crippen LogP contribution is 2.41. The van der Waals surface area contributed by atoms with Crippen molar-refractivity contribution in [1.29, 1.82) is 5.26 Å². The lowest BCUT2D eigenvalue weighted by atomic mass is 9.93. The Bertz CT molecular complexity index is 1250. The van der Waals surface area contributed by atoms with Gasteiger partial charge in [0.05, 0.1) is 21.5 Å². The minimum Gasteiger partial charge on any atom is -0.369 e. The fourth-order valence-electron chi connectivity index (χ4n) is 3.72. The van der Waals surface area contributed by atoms with Gasteiger partial charge in [0.2, 0.25) is 5.43 Å². The van der Waals surface area contributed by atoms with E-state index in [2.05, 4.69) is 31.9 Å². The van der Waals surface area contributed by atoms with Crippen LogP contribution in [0.1, 0.15) is 5.56 Å². The molecule has 0 bridgehead atoms. The van der Waals surface area contributed by atoms with Gasteiger partial charge in [-0.2, -0.15) is 5.26 Å². The van der Waals surface area contributed by atoms with Crippen molar-refractivity contribution in [2.75, 3.05) is 11.9 Å². The Kier molecular flexibility index (Phi) is 3.42. The quantitative estimate of drug-likeness (QED) is 0.475. The molecule has 0 atom stereocenters. The molecule has 1 aromatic heterocycles. The Morgan fingerprint density at radius 3 is 2.81 bits per heavy atom. The normalized spacial score (nSPS) is 12.9. The highest BCUT2D eigenvalue weighted by molar-refractivity contribution is 9.10. The van der Waals surface area contributed by atoms with Gasteiger partial charge in [0.25, 0.3) is 0 Å². The van der Waals surface area contributed by atoms with Crippen LogP contribution in [0.4, 0.5) is 5.82 Å². The SMILES string of the molecule is N#Cc1c2cc(-c3ccc(Br)cc3)n3c(c-2c(=O)c2sccc12)NCC3. The molecule has 3 heterocycles. The fourth-order valence-corrected chi connectivity index (χ4v) is 4.83. The molecule has 0 amide bonds. The number of nitriles is 1. The summed E-state index contributed by atoms with van der Waals surface area (Å²) in [5.41, 5.74) is 3.99. The number of halogens is 1. The molecule has 1 aliphatic carbocycles. The molecule has 6 heteroatoms. The average molecular weight is 422 g/mol. The van der Waals surface area contributed by atoms with Crippen LogP contribution < -0.4 is 10.7 Å². The molecule has 0 unspecified atom stereocenters. The number of benzene rings is 2. The molecule has 26 heavy (non-hydrogen) atoms. The monoisotopic (exact) mass is 421 g/mol. The Balaban J connectivity index is 1.97. The summed E-state index contributed by atoms with van der Waals surface area (Å²) >= 11 is 4.87. The summed E-state index contributed by atoms with van der Waals surface area (Å²) in [4.78, 5) is 13.1. The molecule has 0 saturated carbocycles. The van der Waals surface area contributed by atoms with Crippen molar-refractivity contribution in [3.8, 4) is 28.5 Å². The number of pyridine rings is 1. The first-order chi connectivity index (χ1) is 12.7. The molecule has 4 nitrogen and oxygen atoms in total. The number of hydrogen-bond acceptors (Lipinski definition) is 4. The van der Waals surface area contributed by atoms with Crippen LogP contribution in [0.15, 0.2) is 51.0 Å². The molecule has 0 saturated heterocycles. The van der Waals surface area contributed by atoms with Gasteiger partial charge in [-0.15, -0.1) is 11.3 Å². The van der Waals surface area contributed by atoms with Gasteiger partial charge in [-0.05, 0) is 35.2 Å². The number of fused-ring (bicyclic) bond motifs is 4. The molecule has 1 N–H and O–H groups in total. The van der Waals surface area contributed by atoms with Gasteiger partial charge in [-0.1, -0.05) is 28.1 Å². The lowest BCUT2D eigenvalue weighted by Gasteiger charge is -2.19. The van der Waals surface area contributed by atoms with E-state index in [1.54, 1.807) is 0 Å². The number of hydrogen-bond donors (Lipinski definition) is 1. The van der Waals surface area contributed by atoms with Crippen LogP contribution in [0.3, 0.4) is 0 Å². The van der Waals surface area contributed by atoms with Crippen LogP contribution in [0, 0.1) is 11.3 Å². The minimum absolute atomic E-state index is 0.00417. The van der Waals surface area contributed by atoms with Gasteiger partial charge in [-0.3, -0.25) is 4.79 Å². The number of thiophene rings is 1. The predicted octanol–water partition coefficient (Wildman–Crippen LogP) is 4.89. The largest absolute Gasteiger partial charge is 0.369 e. The van der Waals surface area contributed by atoms with E-state index in [1.807, 2.05) is 41.8 Å². The van der Waals surface area contributed by atoms with E-state index in [-0.39, 0.29) is 5.43 Å². The third kappa shape index (κ3) is 2.08. The molecule has 0 fully saturated rings. The second kappa shape index (κ2) is 5.70. The lowest BCUT2D eigenvalue weighted by Crippen LogP contribution is -2.13. The summed E-state index contributed by atoms with van der Waals surface area (Å²) in [7, 11) is 0. The summed E-state index contributed by atoms with van der Waals surface area (Å²) < 4.78 is 3.82. The number of aromatic nitrogens is 1. The van der Waals surface area contributed by atoms with Crippen LogP contribution in [-0.2, 0) is 6.54 Å². The second-order valence-electron chi connectivity index (χ2n) is 6.23. The van der Waals surface area contributed by atoms with E-state index in [9.17, 15) is 10.1 Å². The zero-order valence-electron chi connectivity index (χ0n) is 13.5. The summed E-state index contributed by atoms with van der Waals surface area (Å²) in [5.74, 6) is 0.817. The standard InChI is InChI=1S/C20H12BrN3OS/c21-12-3-1-11(2-4-12)16-9-14-15(10-22)13-5-8-26-19(13)18(25)17(14)20-23-6-7-24(16)20/h1-5,8-9,23H,6-7H2. The first-order valence-corrected chi connectivity index (χ1v) is 9.87. The zero-order chi connectivity index (χ0) is 17.8. The van der Waals surface area contributed by atoms with Crippen molar-refractivity contribution in [1.82, 2.24) is 4.57 Å². The van der Waals surface area contributed by atoms with E-state index in [1.165, 1.54) is 11.3 Å². The number of anilines is 1. The minimum atomic E-state index is 0.00417. The maximum Gasteiger partial charge on any atom is 0.207 e. The molecule has 5 rings (SSSR count). The molecule has 0 radical (unpaired) electrons. The molecule has 0 spiro atoms. The summed E-state index contributed by atoms with van der Waals surface area (Å²) in [6, 6.07) is 14.3. The van der Waals surface area contributed by atoms with Gasteiger partial charge in [0, 0.05) is 28.5 Å². The van der Waals surface area contributed by atoms with Gasteiger partial charge < -0.3 is 9.88 Å². The van der Waals surface area contributed by atoms with E-state index in [0.717, 1.165) is 45.6 Å². The van der Waals surface area contributed by atoms with Crippen molar-refractivity contribution < 1.29 is 0 Å². The Hall–Kier alpha value is -2.62. The summed E-state index contributed by atoms with van der Waals surface area (Å²) in [5, 5.41) is 15.8. The summed E-state index contributed by atoms with van der Waals surface area (Å²) in [6.45, 7) is 1.56. The summed E-state index contributed by atoms with van der Waals surface area (Å²) in [6.07, 6.45) is 0. The molecule has 126 valence electrons. The molecule has 3 aliphatic rings. The first-order valence-electron chi connectivity index (χ1n) is 8.19. The molecule has 2 aromatic rings. The van der Waals surface area contributed by atoms with Crippen molar-refractivity contribution in [3.63, 3.8) is 0 Å². The Morgan fingerprint density at radius 2 is 2.04 bits per heavy atom. The lowest BCUT2D eigenvalue weighted by molar-refractivity contribution is 0.810. The van der Waals surface area contributed by atoms with Crippen molar-refractivity contribution in [2.24, 2.45) is 0 Å². The fraction of sp³-hybridized carbons (Fsp3) is 0.100. The number of nitrogens with zero attached hydrogens (tertiary/aromatic N) is 2.